The summed E-state index contributed by atoms with van der Waals surface area (Å²) in [6.45, 7) is 3.03. The molecule has 3 heteroatoms. The summed E-state index contributed by atoms with van der Waals surface area (Å²) < 4.78 is 5.81. The van der Waals surface area contributed by atoms with Crippen LogP contribution in [0.3, 0.4) is 0 Å². The Kier molecular flexibility index (Phi) is 3.66. The van der Waals surface area contributed by atoms with Crippen LogP contribution in [0.15, 0.2) is 54.6 Å². The van der Waals surface area contributed by atoms with Gasteiger partial charge in [0.1, 0.15) is 5.60 Å². The van der Waals surface area contributed by atoms with Crippen molar-refractivity contribution in [2.24, 2.45) is 0 Å². The van der Waals surface area contributed by atoms with Gasteiger partial charge in [0.15, 0.2) is 0 Å². The highest BCUT2D eigenvalue weighted by atomic mass is 16.6. The Morgan fingerprint density at radius 1 is 0.957 bits per heavy atom. The Morgan fingerprint density at radius 2 is 1.65 bits per heavy atom. The molecule has 0 unspecified atom stereocenters. The predicted octanol–water partition coefficient (Wildman–Crippen LogP) is 3.39. The molecule has 2 heterocycles. The molecule has 2 aliphatic heterocycles. The average Bonchev–Trinajstić information content (AvgIpc) is 2.88. The molecular formula is C20H21NO2. The van der Waals surface area contributed by atoms with E-state index in [4.69, 9.17) is 4.74 Å². The van der Waals surface area contributed by atoms with Crippen LogP contribution in [0.4, 0.5) is 0 Å². The maximum atomic E-state index is 12.1. The molecule has 2 aromatic rings. The molecule has 3 nitrogen and oxygen atoms in total. The molecule has 0 bridgehead atoms. The van der Waals surface area contributed by atoms with E-state index in [1.54, 1.807) is 0 Å². The molecule has 0 saturated carbocycles. The van der Waals surface area contributed by atoms with Crippen LogP contribution in [0.1, 0.15) is 34.3 Å². The maximum Gasteiger partial charge on any atom is 0.339 e. The van der Waals surface area contributed by atoms with E-state index in [1.165, 1.54) is 5.56 Å². The van der Waals surface area contributed by atoms with E-state index in [0.29, 0.717) is 0 Å². The second-order valence-corrected chi connectivity index (χ2v) is 6.51. The largest absolute Gasteiger partial charge is 0.450 e. The number of nitrogens with zero attached hydrogens (tertiary/aromatic N) is 1. The summed E-state index contributed by atoms with van der Waals surface area (Å²) in [6, 6.07) is 18.5. The Labute approximate surface area is 136 Å². The lowest BCUT2D eigenvalue weighted by Gasteiger charge is -2.38. The maximum absolute atomic E-state index is 12.1. The van der Waals surface area contributed by atoms with Crippen LogP contribution in [0, 0.1) is 0 Å². The highest BCUT2D eigenvalue weighted by molar-refractivity contribution is 5.94. The minimum Gasteiger partial charge on any atom is -0.450 e. The van der Waals surface area contributed by atoms with E-state index in [-0.39, 0.29) is 11.6 Å². The second kappa shape index (κ2) is 5.82. The van der Waals surface area contributed by atoms with Gasteiger partial charge in [-0.05, 0) is 18.1 Å². The molecular weight excluding hydrogens is 286 g/mol. The molecule has 4 rings (SSSR count). The molecule has 118 valence electrons. The van der Waals surface area contributed by atoms with Crippen LogP contribution in [0.2, 0.25) is 0 Å². The second-order valence-electron chi connectivity index (χ2n) is 6.51. The third-order valence-corrected chi connectivity index (χ3v) is 5.15. The first-order valence-electron chi connectivity index (χ1n) is 8.36. The molecule has 1 spiro atoms. The zero-order valence-corrected chi connectivity index (χ0v) is 13.2. The van der Waals surface area contributed by atoms with Crippen LogP contribution in [0.25, 0.3) is 0 Å². The molecule has 0 N–H and O–H groups in total. The van der Waals surface area contributed by atoms with E-state index >= 15 is 0 Å². The van der Waals surface area contributed by atoms with E-state index in [1.807, 2.05) is 18.2 Å². The van der Waals surface area contributed by atoms with Crippen molar-refractivity contribution in [1.29, 1.82) is 0 Å². The summed E-state index contributed by atoms with van der Waals surface area (Å²) in [5.74, 6) is -0.154. The van der Waals surface area contributed by atoms with Crippen molar-refractivity contribution in [1.82, 2.24) is 4.90 Å². The van der Waals surface area contributed by atoms with Crippen molar-refractivity contribution in [2.45, 2.75) is 24.9 Å². The highest BCUT2D eigenvalue weighted by Crippen LogP contribution is 2.43. The summed E-state index contributed by atoms with van der Waals surface area (Å²) in [5, 5.41) is 0. The molecule has 2 aliphatic rings. The summed E-state index contributed by atoms with van der Waals surface area (Å²) in [6.07, 6.45) is 2.86. The van der Waals surface area contributed by atoms with E-state index in [2.05, 4.69) is 41.3 Å². The van der Waals surface area contributed by atoms with Gasteiger partial charge in [-0.3, -0.25) is 0 Å². The highest BCUT2D eigenvalue weighted by Gasteiger charge is 2.46. The molecule has 2 aromatic carbocycles. The van der Waals surface area contributed by atoms with Gasteiger partial charge < -0.3 is 9.64 Å². The number of fused-ring (bicyclic) bond motifs is 2. The molecule has 0 atom stereocenters. The average molecular weight is 307 g/mol. The van der Waals surface area contributed by atoms with Crippen molar-refractivity contribution in [3.63, 3.8) is 0 Å². The fraction of sp³-hybridized carbons (Fsp3) is 0.350. The van der Waals surface area contributed by atoms with Gasteiger partial charge in [-0.2, -0.15) is 0 Å². The lowest BCUT2D eigenvalue weighted by Crippen LogP contribution is -2.43. The summed E-state index contributed by atoms with van der Waals surface area (Å²) in [7, 11) is 0. The number of piperidine rings is 1. The van der Waals surface area contributed by atoms with E-state index in [0.717, 1.165) is 50.0 Å². The first-order valence-corrected chi connectivity index (χ1v) is 8.36. The summed E-state index contributed by atoms with van der Waals surface area (Å²) >= 11 is 0. The lowest BCUT2D eigenvalue weighted by molar-refractivity contribution is -0.0426. The topological polar surface area (TPSA) is 29.5 Å². The van der Waals surface area contributed by atoms with Crippen molar-refractivity contribution in [3.8, 4) is 0 Å². The standard InChI is InChI=1S/C20H21NO2/c22-19-17-8-4-5-9-18(17)20(23-19)11-14-21(15-12-20)13-10-16-6-2-1-3-7-16/h1-9H,10-15H2. The summed E-state index contributed by atoms with van der Waals surface area (Å²) in [5.41, 5.74) is 2.85. The normalized spacial score (nSPS) is 19.6. The molecule has 0 amide bonds. The zero-order valence-electron chi connectivity index (χ0n) is 13.2. The number of benzene rings is 2. The quantitative estimate of drug-likeness (QED) is 0.814. The van der Waals surface area contributed by atoms with Gasteiger partial charge in [-0.15, -0.1) is 0 Å². The minimum atomic E-state index is -0.378. The lowest BCUT2D eigenvalue weighted by atomic mass is 9.84. The van der Waals surface area contributed by atoms with Gasteiger partial charge in [0.25, 0.3) is 0 Å². The van der Waals surface area contributed by atoms with Gasteiger partial charge in [0, 0.05) is 38.0 Å². The van der Waals surface area contributed by atoms with Gasteiger partial charge in [-0.25, -0.2) is 4.79 Å². The third kappa shape index (κ3) is 2.66. The Morgan fingerprint density at radius 3 is 2.43 bits per heavy atom. The Bertz CT molecular complexity index is 703. The Hall–Kier alpha value is -2.13. The van der Waals surface area contributed by atoms with Crippen LogP contribution < -0.4 is 0 Å². The van der Waals surface area contributed by atoms with Crippen LogP contribution >= 0.6 is 0 Å². The number of hydrogen-bond donors (Lipinski definition) is 0. The van der Waals surface area contributed by atoms with Crippen LogP contribution in [-0.2, 0) is 16.8 Å². The molecule has 0 aromatic heterocycles. The monoisotopic (exact) mass is 307 g/mol. The van der Waals surface area contributed by atoms with Gasteiger partial charge in [0.05, 0.1) is 5.56 Å². The first kappa shape index (κ1) is 14.5. The SMILES string of the molecule is O=C1OC2(CCN(CCc3ccccc3)CC2)c2ccccc21. The van der Waals surface area contributed by atoms with E-state index in [9.17, 15) is 4.79 Å². The summed E-state index contributed by atoms with van der Waals surface area (Å²) in [4.78, 5) is 14.6. The smallest absolute Gasteiger partial charge is 0.339 e. The van der Waals surface area contributed by atoms with Crippen LogP contribution in [0.5, 0.6) is 0 Å². The fourth-order valence-electron chi connectivity index (χ4n) is 3.79. The van der Waals surface area contributed by atoms with Gasteiger partial charge in [0.2, 0.25) is 0 Å². The zero-order chi connectivity index (χ0) is 15.7. The van der Waals surface area contributed by atoms with Crippen molar-refractivity contribution in [3.05, 3.63) is 71.3 Å². The molecule has 0 radical (unpaired) electrons. The van der Waals surface area contributed by atoms with E-state index < -0.39 is 0 Å². The number of ether oxygens (including phenoxy) is 1. The molecule has 23 heavy (non-hydrogen) atoms. The number of rotatable bonds is 3. The van der Waals surface area contributed by atoms with Crippen molar-refractivity contribution in [2.75, 3.05) is 19.6 Å². The van der Waals surface area contributed by atoms with Crippen molar-refractivity contribution >= 4 is 5.97 Å². The predicted molar refractivity (Wildman–Crippen MR) is 89.4 cm³/mol. The number of esters is 1. The minimum absolute atomic E-state index is 0.154. The Balaban J connectivity index is 1.41. The van der Waals surface area contributed by atoms with Gasteiger partial charge >= 0.3 is 5.97 Å². The molecule has 1 fully saturated rings. The number of likely N-dealkylation sites (tertiary alicyclic amines) is 1. The number of carbonyl (C=O) groups is 1. The third-order valence-electron chi connectivity index (χ3n) is 5.15. The first-order chi connectivity index (χ1) is 11.3. The van der Waals surface area contributed by atoms with Crippen LogP contribution in [-0.4, -0.2) is 30.5 Å². The number of hydrogen-bond acceptors (Lipinski definition) is 3. The fourth-order valence-corrected chi connectivity index (χ4v) is 3.79. The van der Waals surface area contributed by atoms with Gasteiger partial charge in [-0.1, -0.05) is 48.5 Å². The van der Waals surface area contributed by atoms with Crippen molar-refractivity contribution < 1.29 is 9.53 Å². The molecule has 0 aliphatic carbocycles. The number of carbonyl (C=O) groups excluding carboxylic acids is 1. The molecule has 1 saturated heterocycles.